The van der Waals surface area contributed by atoms with Crippen molar-refractivity contribution in [3.63, 3.8) is 0 Å². The van der Waals surface area contributed by atoms with E-state index in [2.05, 4.69) is 10.6 Å². The highest BCUT2D eigenvalue weighted by Crippen LogP contribution is 2.27. The molecule has 2 rings (SSSR count). The zero-order valence-corrected chi connectivity index (χ0v) is 10.2. The predicted molar refractivity (Wildman–Crippen MR) is 64.3 cm³/mol. The summed E-state index contributed by atoms with van der Waals surface area (Å²) in [6, 6.07) is 0.417. The van der Waals surface area contributed by atoms with Gasteiger partial charge in [0.05, 0.1) is 6.54 Å². The fourth-order valence-corrected chi connectivity index (χ4v) is 2.42. The number of amides is 1. The van der Waals surface area contributed by atoms with Crippen molar-refractivity contribution in [1.29, 1.82) is 0 Å². The molecular weight excluding hydrogens is 202 g/mol. The van der Waals surface area contributed by atoms with Gasteiger partial charge in [-0.25, -0.2) is 0 Å². The van der Waals surface area contributed by atoms with Gasteiger partial charge >= 0.3 is 0 Å². The molecule has 92 valence electrons. The Morgan fingerprint density at radius 3 is 2.81 bits per heavy atom. The van der Waals surface area contributed by atoms with Crippen molar-refractivity contribution in [3.05, 3.63) is 0 Å². The Labute approximate surface area is 97.8 Å². The maximum atomic E-state index is 12.0. The summed E-state index contributed by atoms with van der Waals surface area (Å²) >= 11 is 0. The first kappa shape index (κ1) is 11.9. The summed E-state index contributed by atoms with van der Waals surface area (Å²) in [6.45, 7) is 3.41. The van der Waals surface area contributed by atoms with Crippen LogP contribution in [-0.2, 0) is 4.79 Å². The van der Waals surface area contributed by atoms with Crippen LogP contribution in [0.25, 0.3) is 0 Å². The third-order valence-electron chi connectivity index (χ3n) is 3.54. The highest BCUT2D eigenvalue weighted by Gasteiger charge is 2.28. The molecule has 1 saturated heterocycles. The van der Waals surface area contributed by atoms with E-state index < -0.39 is 0 Å². The van der Waals surface area contributed by atoms with Crippen molar-refractivity contribution >= 4 is 5.91 Å². The standard InChI is InChI=1S/C12H23N3O/c1-13-8-11-3-2-6-15(11)12(16)9-14-7-10-4-5-10/h10-11,13-14H,2-9H2,1H3. The van der Waals surface area contributed by atoms with Gasteiger partial charge in [-0.3, -0.25) is 4.79 Å². The normalized spacial score (nSPS) is 25.1. The Balaban J connectivity index is 1.69. The molecule has 0 bridgehead atoms. The van der Waals surface area contributed by atoms with Crippen LogP contribution in [0.1, 0.15) is 25.7 Å². The topological polar surface area (TPSA) is 44.4 Å². The molecule has 1 atom stereocenters. The molecule has 1 unspecified atom stereocenters. The second-order valence-electron chi connectivity index (χ2n) is 5.02. The highest BCUT2D eigenvalue weighted by atomic mass is 16.2. The molecule has 4 nitrogen and oxygen atoms in total. The molecule has 0 aromatic heterocycles. The molecular formula is C12H23N3O. The SMILES string of the molecule is CNCC1CCCN1C(=O)CNCC1CC1. The minimum absolute atomic E-state index is 0.276. The van der Waals surface area contributed by atoms with Gasteiger partial charge in [0.25, 0.3) is 0 Å². The molecule has 0 aromatic rings. The number of nitrogens with zero attached hydrogens (tertiary/aromatic N) is 1. The summed E-state index contributed by atoms with van der Waals surface area (Å²) in [5.74, 6) is 1.12. The maximum absolute atomic E-state index is 12.0. The second kappa shape index (κ2) is 5.64. The summed E-state index contributed by atoms with van der Waals surface area (Å²) in [4.78, 5) is 14.0. The third kappa shape index (κ3) is 3.19. The first-order chi connectivity index (χ1) is 7.81. The lowest BCUT2D eigenvalue weighted by Gasteiger charge is -2.24. The fourth-order valence-electron chi connectivity index (χ4n) is 2.42. The largest absolute Gasteiger partial charge is 0.337 e. The van der Waals surface area contributed by atoms with E-state index in [1.165, 1.54) is 12.8 Å². The number of likely N-dealkylation sites (tertiary alicyclic amines) is 1. The zero-order valence-electron chi connectivity index (χ0n) is 10.2. The minimum Gasteiger partial charge on any atom is -0.337 e. The number of nitrogens with one attached hydrogen (secondary N) is 2. The number of carbonyl (C=O) groups is 1. The molecule has 2 fully saturated rings. The number of likely N-dealkylation sites (N-methyl/N-ethyl adjacent to an activating group) is 1. The Kier molecular flexibility index (Phi) is 4.18. The highest BCUT2D eigenvalue weighted by molar-refractivity contribution is 5.78. The van der Waals surface area contributed by atoms with Crippen LogP contribution in [0.5, 0.6) is 0 Å². The molecule has 1 heterocycles. The number of hydrogen-bond acceptors (Lipinski definition) is 3. The van der Waals surface area contributed by atoms with Crippen LogP contribution in [0, 0.1) is 5.92 Å². The van der Waals surface area contributed by atoms with Crippen LogP contribution >= 0.6 is 0 Å². The monoisotopic (exact) mass is 225 g/mol. The van der Waals surface area contributed by atoms with Gasteiger partial charge in [0, 0.05) is 19.1 Å². The second-order valence-corrected chi connectivity index (χ2v) is 5.02. The van der Waals surface area contributed by atoms with Crippen molar-refractivity contribution in [2.24, 2.45) is 5.92 Å². The van der Waals surface area contributed by atoms with Crippen LogP contribution in [0.4, 0.5) is 0 Å². The smallest absolute Gasteiger partial charge is 0.236 e. The van der Waals surface area contributed by atoms with Crippen molar-refractivity contribution in [2.45, 2.75) is 31.7 Å². The first-order valence-electron chi connectivity index (χ1n) is 6.46. The third-order valence-corrected chi connectivity index (χ3v) is 3.54. The van der Waals surface area contributed by atoms with E-state index in [0.717, 1.165) is 38.4 Å². The Morgan fingerprint density at radius 1 is 1.31 bits per heavy atom. The van der Waals surface area contributed by atoms with E-state index in [0.29, 0.717) is 12.6 Å². The fraction of sp³-hybridized carbons (Fsp3) is 0.917. The average Bonchev–Trinajstić information content (AvgIpc) is 2.97. The van der Waals surface area contributed by atoms with Crippen molar-refractivity contribution < 1.29 is 4.79 Å². The summed E-state index contributed by atoms with van der Waals surface area (Å²) in [5.41, 5.74) is 0. The maximum Gasteiger partial charge on any atom is 0.236 e. The molecule has 1 aliphatic carbocycles. The summed E-state index contributed by atoms with van der Waals surface area (Å²) in [5, 5.41) is 6.44. The summed E-state index contributed by atoms with van der Waals surface area (Å²) < 4.78 is 0. The molecule has 1 saturated carbocycles. The Morgan fingerprint density at radius 2 is 2.12 bits per heavy atom. The van der Waals surface area contributed by atoms with Gasteiger partial charge < -0.3 is 15.5 Å². The zero-order chi connectivity index (χ0) is 11.4. The van der Waals surface area contributed by atoms with Gasteiger partial charge in [-0.1, -0.05) is 0 Å². The van der Waals surface area contributed by atoms with Gasteiger partial charge in [-0.2, -0.15) is 0 Å². The van der Waals surface area contributed by atoms with E-state index in [1.807, 2.05) is 11.9 Å². The first-order valence-corrected chi connectivity index (χ1v) is 6.46. The lowest BCUT2D eigenvalue weighted by molar-refractivity contribution is -0.130. The Hall–Kier alpha value is -0.610. The molecule has 2 N–H and O–H groups in total. The quantitative estimate of drug-likeness (QED) is 0.678. The molecule has 1 amide bonds. The van der Waals surface area contributed by atoms with Gasteiger partial charge in [-0.05, 0) is 45.2 Å². The van der Waals surface area contributed by atoms with Crippen molar-refractivity contribution in [3.8, 4) is 0 Å². The lowest BCUT2D eigenvalue weighted by Crippen LogP contribution is -2.44. The predicted octanol–water partition coefficient (Wildman–Crippen LogP) is 0.196. The van der Waals surface area contributed by atoms with Gasteiger partial charge in [0.15, 0.2) is 0 Å². The van der Waals surface area contributed by atoms with Gasteiger partial charge in [-0.15, -0.1) is 0 Å². The molecule has 4 heteroatoms. The number of hydrogen-bond donors (Lipinski definition) is 2. The summed E-state index contributed by atoms with van der Waals surface area (Å²) in [7, 11) is 1.95. The lowest BCUT2D eigenvalue weighted by atomic mass is 10.2. The molecule has 0 radical (unpaired) electrons. The molecule has 1 aliphatic heterocycles. The number of rotatable bonds is 6. The van der Waals surface area contributed by atoms with E-state index in [-0.39, 0.29) is 5.91 Å². The van der Waals surface area contributed by atoms with E-state index >= 15 is 0 Å². The van der Waals surface area contributed by atoms with E-state index in [1.54, 1.807) is 0 Å². The molecule has 0 spiro atoms. The van der Waals surface area contributed by atoms with Crippen LogP contribution in [0.3, 0.4) is 0 Å². The Bertz CT molecular complexity index is 240. The van der Waals surface area contributed by atoms with Crippen LogP contribution in [0.15, 0.2) is 0 Å². The van der Waals surface area contributed by atoms with E-state index in [4.69, 9.17) is 0 Å². The van der Waals surface area contributed by atoms with Gasteiger partial charge in [0.1, 0.15) is 0 Å². The molecule has 16 heavy (non-hydrogen) atoms. The van der Waals surface area contributed by atoms with E-state index in [9.17, 15) is 4.79 Å². The molecule has 0 aromatic carbocycles. The minimum atomic E-state index is 0.276. The van der Waals surface area contributed by atoms with Crippen LogP contribution in [-0.4, -0.2) is 50.1 Å². The average molecular weight is 225 g/mol. The van der Waals surface area contributed by atoms with Crippen molar-refractivity contribution in [1.82, 2.24) is 15.5 Å². The van der Waals surface area contributed by atoms with Crippen LogP contribution in [0.2, 0.25) is 0 Å². The van der Waals surface area contributed by atoms with Crippen LogP contribution < -0.4 is 10.6 Å². The van der Waals surface area contributed by atoms with Gasteiger partial charge in [0.2, 0.25) is 5.91 Å². The summed E-state index contributed by atoms with van der Waals surface area (Å²) in [6.07, 6.45) is 4.98. The molecule has 2 aliphatic rings. The number of carbonyl (C=O) groups excluding carboxylic acids is 1. The van der Waals surface area contributed by atoms with Crippen molar-refractivity contribution in [2.75, 3.05) is 33.2 Å².